The van der Waals surface area contributed by atoms with Gasteiger partial charge >= 0.3 is 0 Å². The molecule has 0 fully saturated rings. The number of benzene rings is 2. The summed E-state index contributed by atoms with van der Waals surface area (Å²) < 4.78 is 14.3. The van der Waals surface area contributed by atoms with Crippen molar-refractivity contribution in [2.24, 2.45) is 0 Å². The fourth-order valence-corrected chi connectivity index (χ4v) is 5.44. The van der Waals surface area contributed by atoms with Gasteiger partial charge in [0.2, 0.25) is 0 Å². The molecule has 0 amide bonds. The van der Waals surface area contributed by atoms with E-state index in [1.807, 2.05) is 30.3 Å². The van der Waals surface area contributed by atoms with Gasteiger partial charge in [0.25, 0.3) is 0 Å². The number of pyridine rings is 1. The number of anilines is 1. The number of allylic oxidation sites excluding steroid dienone is 1. The van der Waals surface area contributed by atoms with Gasteiger partial charge in [-0.2, -0.15) is 0 Å². The zero-order valence-electron chi connectivity index (χ0n) is 18.6. The molecule has 3 aromatic rings. The highest BCUT2D eigenvalue weighted by molar-refractivity contribution is 6.33. The molecule has 1 unspecified atom stereocenters. The average Bonchev–Trinajstić information content (AvgIpc) is 2.80. The summed E-state index contributed by atoms with van der Waals surface area (Å²) in [5.74, 6) is 0.238. The van der Waals surface area contributed by atoms with Crippen LogP contribution >= 0.6 is 11.6 Å². The zero-order valence-corrected chi connectivity index (χ0v) is 19.4. The van der Waals surface area contributed by atoms with Crippen LogP contribution in [0.25, 0.3) is 17.0 Å². The summed E-state index contributed by atoms with van der Waals surface area (Å²) in [6.45, 7) is 4.38. The molecular weight excluding hydrogens is 419 g/mol. The second kappa shape index (κ2) is 8.71. The summed E-state index contributed by atoms with van der Waals surface area (Å²) in [5, 5.41) is 4.45. The molecule has 0 saturated carbocycles. The Morgan fingerprint density at radius 1 is 1.06 bits per heavy atom. The molecule has 2 aromatic carbocycles. The molecule has 0 radical (unpaired) electrons. The van der Waals surface area contributed by atoms with Crippen LogP contribution in [0.15, 0.2) is 54.1 Å². The maximum absolute atomic E-state index is 14.3. The topological polar surface area (TPSA) is 24.9 Å². The molecule has 32 heavy (non-hydrogen) atoms. The fourth-order valence-electron chi connectivity index (χ4n) is 5.21. The Hall–Kier alpha value is -2.65. The van der Waals surface area contributed by atoms with Gasteiger partial charge in [-0.25, -0.2) is 4.39 Å². The monoisotopic (exact) mass is 446 g/mol. The maximum Gasteiger partial charge on any atom is 0.123 e. The molecule has 4 heteroatoms. The second-order valence-electron chi connectivity index (χ2n) is 8.99. The Balaban J connectivity index is 1.64. The van der Waals surface area contributed by atoms with Crippen LogP contribution in [-0.2, 0) is 12.8 Å². The van der Waals surface area contributed by atoms with Crippen molar-refractivity contribution < 1.29 is 4.39 Å². The van der Waals surface area contributed by atoms with Crippen molar-refractivity contribution in [3.8, 4) is 11.3 Å². The third kappa shape index (κ3) is 3.84. The summed E-state index contributed by atoms with van der Waals surface area (Å²) in [7, 11) is 0. The van der Waals surface area contributed by atoms with Crippen molar-refractivity contribution in [2.75, 3.05) is 5.32 Å². The number of hydrogen-bond donors (Lipinski definition) is 1. The number of halogens is 2. The molecule has 5 rings (SSSR count). The number of fused-ring (bicyclic) bond motifs is 2. The third-order valence-corrected chi connectivity index (χ3v) is 7.24. The molecule has 0 bridgehead atoms. The molecule has 0 aliphatic heterocycles. The van der Waals surface area contributed by atoms with Crippen LogP contribution in [0.4, 0.5) is 10.1 Å². The van der Waals surface area contributed by atoms with Gasteiger partial charge in [0.15, 0.2) is 0 Å². The van der Waals surface area contributed by atoms with Crippen LogP contribution in [0.1, 0.15) is 67.8 Å². The summed E-state index contributed by atoms with van der Waals surface area (Å²) in [5.41, 5.74) is 9.86. The van der Waals surface area contributed by atoms with Gasteiger partial charge in [0.05, 0.1) is 5.69 Å². The Kier molecular flexibility index (Phi) is 5.77. The highest BCUT2D eigenvalue weighted by atomic mass is 35.5. The van der Waals surface area contributed by atoms with Crippen LogP contribution in [0, 0.1) is 5.82 Å². The zero-order chi connectivity index (χ0) is 22.2. The Morgan fingerprint density at radius 3 is 2.69 bits per heavy atom. The Morgan fingerprint density at radius 2 is 1.88 bits per heavy atom. The van der Waals surface area contributed by atoms with Gasteiger partial charge in [-0.05, 0) is 92.3 Å². The van der Waals surface area contributed by atoms with Crippen LogP contribution in [0.3, 0.4) is 0 Å². The molecule has 1 aromatic heterocycles. The van der Waals surface area contributed by atoms with E-state index >= 15 is 0 Å². The lowest BCUT2D eigenvalue weighted by molar-refractivity contribution is 0.614. The Bertz CT molecular complexity index is 1210. The highest BCUT2D eigenvalue weighted by Crippen LogP contribution is 2.42. The lowest BCUT2D eigenvalue weighted by atomic mass is 9.80. The molecule has 0 saturated heterocycles. The van der Waals surface area contributed by atoms with E-state index in [-0.39, 0.29) is 5.82 Å². The average molecular weight is 447 g/mol. The summed E-state index contributed by atoms with van der Waals surface area (Å²) in [6, 6.07) is 15.2. The normalized spacial score (nSPS) is 17.7. The van der Waals surface area contributed by atoms with Gasteiger partial charge < -0.3 is 5.32 Å². The lowest BCUT2D eigenvalue weighted by Gasteiger charge is -2.30. The van der Waals surface area contributed by atoms with E-state index in [2.05, 4.69) is 25.2 Å². The first kappa shape index (κ1) is 21.2. The standard InChI is InChI=1S/C28H28ClFN2/c1-3-18-14-17(2)28(23-15-19(30)12-13-20(18)23)32-27-16-26(21-8-4-6-10-24(21)29)31-25-11-7-5-9-22(25)27/h4,6,8,10,12-13,15-16,18H,3,5,7,9,11,14H2,1-2H3,(H,31,32). The van der Waals surface area contributed by atoms with Gasteiger partial charge in [-0.15, -0.1) is 0 Å². The molecule has 2 aliphatic rings. The molecule has 2 nitrogen and oxygen atoms in total. The molecule has 2 aliphatic carbocycles. The summed E-state index contributed by atoms with van der Waals surface area (Å²) in [6.07, 6.45) is 6.33. The summed E-state index contributed by atoms with van der Waals surface area (Å²) >= 11 is 6.51. The van der Waals surface area contributed by atoms with E-state index in [4.69, 9.17) is 16.6 Å². The SMILES string of the molecule is CCC1CC(C)=C(Nc2cc(-c3ccccc3Cl)nc3c2CCCC3)c2cc(F)ccc21. The minimum Gasteiger partial charge on any atom is -0.355 e. The van der Waals surface area contributed by atoms with Crippen molar-refractivity contribution >= 4 is 23.0 Å². The first-order chi connectivity index (χ1) is 15.5. The smallest absolute Gasteiger partial charge is 0.123 e. The van der Waals surface area contributed by atoms with Gasteiger partial charge in [-0.1, -0.05) is 42.8 Å². The van der Waals surface area contributed by atoms with Crippen LogP contribution < -0.4 is 5.32 Å². The third-order valence-electron chi connectivity index (χ3n) is 6.91. The van der Waals surface area contributed by atoms with Crippen molar-refractivity contribution in [3.05, 3.63) is 87.3 Å². The molecular formula is C28H28ClFN2. The van der Waals surface area contributed by atoms with Gasteiger partial charge in [0.1, 0.15) is 5.82 Å². The highest BCUT2D eigenvalue weighted by Gasteiger charge is 2.26. The minimum atomic E-state index is -0.193. The van der Waals surface area contributed by atoms with Crippen molar-refractivity contribution in [2.45, 2.75) is 58.3 Å². The second-order valence-corrected chi connectivity index (χ2v) is 9.40. The first-order valence-corrected chi connectivity index (χ1v) is 12.0. The maximum atomic E-state index is 14.3. The van der Waals surface area contributed by atoms with Gasteiger partial charge in [-0.3, -0.25) is 4.98 Å². The van der Waals surface area contributed by atoms with E-state index in [9.17, 15) is 4.39 Å². The number of aromatic nitrogens is 1. The van der Waals surface area contributed by atoms with Crippen LogP contribution in [0.2, 0.25) is 5.02 Å². The van der Waals surface area contributed by atoms with Crippen molar-refractivity contribution in [1.82, 2.24) is 4.98 Å². The molecule has 1 atom stereocenters. The van der Waals surface area contributed by atoms with E-state index in [0.29, 0.717) is 10.9 Å². The van der Waals surface area contributed by atoms with E-state index in [1.165, 1.54) is 16.7 Å². The predicted octanol–water partition coefficient (Wildman–Crippen LogP) is 8.16. The molecule has 1 N–H and O–H groups in total. The molecule has 164 valence electrons. The van der Waals surface area contributed by atoms with Crippen LogP contribution in [0.5, 0.6) is 0 Å². The van der Waals surface area contributed by atoms with E-state index in [0.717, 1.165) is 72.4 Å². The summed E-state index contributed by atoms with van der Waals surface area (Å²) in [4.78, 5) is 5.00. The quantitative estimate of drug-likeness (QED) is 0.437. The fraction of sp³-hybridized carbons (Fsp3) is 0.321. The van der Waals surface area contributed by atoms with E-state index < -0.39 is 0 Å². The predicted molar refractivity (Wildman–Crippen MR) is 132 cm³/mol. The molecule has 0 spiro atoms. The number of rotatable bonds is 4. The van der Waals surface area contributed by atoms with Crippen LogP contribution in [-0.4, -0.2) is 4.98 Å². The molecule has 1 heterocycles. The van der Waals surface area contributed by atoms with E-state index in [1.54, 1.807) is 12.1 Å². The largest absolute Gasteiger partial charge is 0.355 e. The number of aryl methyl sites for hydroxylation is 1. The number of nitrogens with one attached hydrogen (secondary N) is 1. The minimum absolute atomic E-state index is 0.193. The first-order valence-electron chi connectivity index (χ1n) is 11.6. The Labute approximate surface area is 194 Å². The number of nitrogens with zero attached hydrogens (tertiary/aromatic N) is 1. The van der Waals surface area contributed by atoms with Crippen molar-refractivity contribution in [3.63, 3.8) is 0 Å². The van der Waals surface area contributed by atoms with Crippen molar-refractivity contribution in [1.29, 1.82) is 0 Å². The van der Waals surface area contributed by atoms with Gasteiger partial charge in [0, 0.05) is 33.2 Å². The number of hydrogen-bond acceptors (Lipinski definition) is 2. The lowest BCUT2D eigenvalue weighted by Crippen LogP contribution is -2.16.